The Hall–Kier alpha value is -1.20. The maximum atomic E-state index is 12.6. The largest absolute Gasteiger partial charge is 0.359 e. The Kier molecular flexibility index (Phi) is 3.89. The van der Waals surface area contributed by atoms with Gasteiger partial charge in [0.2, 0.25) is 5.91 Å². The molecule has 1 aromatic rings. The monoisotopic (exact) mass is 309 g/mol. The molecule has 2 fully saturated rings. The summed E-state index contributed by atoms with van der Waals surface area (Å²) in [6.45, 7) is 0.430. The molecule has 0 spiro atoms. The number of alkyl halides is 1. The molecule has 1 aliphatic carbocycles. The molecular weight excluding hydrogens is 294 g/mol. The van der Waals surface area contributed by atoms with E-state index in [4.69, 9.17) is 23.8 Å². The van der Waals surface area contributed by atoms with E-state index in [0.29, 0.717) is 11.7 Å². The number of fused-ring (bicyclic) bond motifs is 1. The predicted octanol–water partition coefficient (Wildman–Crippen LogP) is 2.07. The van der Waals surface area contributed by atoms with Crippen LogP contribution < -0.4 is 5.32 Å². The third-order valence-electron chi connectivity index (χ3n) is 3.97. The Bertz CT molecular complexity index is 524. The summed E-state index contributed by atoms with van der Waals surface area (Å²) < 4.78 is 0. The Morgan fingerprint density at radius 2 is 2.30 bits per heavy atom. The predicted molar refractivity (Wildman–Crippen MR) is 81.3 cm³/mol. The SMILES string of the molecule is O=C1C2CCC(Cl)CC2NC(=S)N1Cc1ccccn1. The van der Waals surface area contributed by atoms with E-state index in [1.807, 2.05) is 18.2 Å². The second-order valence-electron chi connectivity index (χ2n) is 5.32. The Labute approximate surface area is 128 Å². The number of aromatic nitrogens is 1. The zero-order valence-electron chi connectivity index (χ0n) is 11.0. The standard InChI is InChI=1S/C14H16ClN3OS/c15-9-4-5-11-12(7-9)17-14(20)18(13(11)19)8-10-3-1-2-6-16-10/h1-3,6,9,11-12H,4-5,7-8H2,(H,17,20). The molecule has 3 rings (SSSR count). The highest BCUT2D eigenvalue weighted by molar-refractivity contribution is 7.80. The fourth-order valence-electron chi connectivity index (χ4n) is 2.91. The molecule has 3 unspecified atom stereocenters. The summed E-state index contributed by atoms with van der Waals surface area (Å²) >= 11 is 11.5. The van der Waals surface area contributed by atoms with Crippen LogP contribution in [0.4, 0.5) is 0 Å². The summed E-state index contributed by atoms with van der Waals surface area (Å²) in [5, 5.41) is 3.91. The van der Waals surface area contributed by atoms with Crippen molar-refractivity contribution < 1.29 is 4.79 Å². The van der Waals surface area contributed by atoms with Crippen LogP contribution >= 0.6 is 23.8 Å². The fourth-order valence-corrected chi connectivity index (χ4v) is 3.54. The van der Waals surface area contributed by atoms with Gasteiger partial charge in [-0.15, -0.1) is 11.6 Å². The lowest BCUT2D eigenvalue weighted by Crippen LogP contribution is -2.61. The van der Waals surface area contributed by atoms with E-state index in [2.05, 4.69) is 10.3 Å². The van der Waals surface area contributed by atoms with Crippen LogP contribution in [0.5, 0.6) is 0 Å². The maximum absolute atomic E-state index is 12.6. The molecule has 106 valence electrons. The Morgan fingerprint density at radius 1 is 1.45 bits per heavy atom. The van der Waals surface area contributed by atoms with Crippen molar-refractivity contribution in [1.82, 2.24) is 15.2 Å². The first-order valence-electron chi connectivity index (χ1n) is 6.81. The van der Waals surface area contributed by atoms with E-state index in [1.165, 1.54) is 0 Å². The molecule has 6 heteroatoms. The molecule has 1 amide bonds. The summed E-state index contributed by atoms with van der Waals surface area (Å²) in [5.74, 6) is 0.0911. The number of hydrogen-bond acceptors (Lipinski definition) is 3. The highest BCUT2D eigenvalue weighted by atomic mass is 35.5. The Balaban J connectivity index is 1.76. The van der Waals surface area contributed by atoms with Crippen LogP contribution in [0, 0.1) is 5.92 Å². The van der Waals surface area contributed by atoms with Gasteiger partial charge in [0.15, 0.2) is 5.11 Å². The van der Waals surface area contributed by atoms with Crippen molar-refractivity contribution in [3.8, 4) is 0 Å². The van der Waals surface area contributed by atoms with E-state index in [-0.39, 0.29) is 23.2 Å². The van der Waals surface area contributed by atoms with Crippen LogP contribution in [0.1, 0.15) is 25.0 Å². The normalized spacial score (nSPS) is 29.9. The first kappa shape index (κ1) is 13.8. The number of hydrogen-bond donors (Lipinski definition) is 1. The van der Waals surface area contributed by atoms with Gasteiger partial charge in [0.1, 0.15) is 0 Å². The molecule has 1 aromatic heterocycles. The van der Waals surface area contributed by atoms with Crippen molar-refractivity contribution in [1.29, 1.82) is 0 Å². The number of nitrogens with zero attached hydrogens (tertiary/aromatic N) is 2. The van der Waals surface area contributed by atoms with Crippen LogP contribution in [-0.4, -0.2) is 32.3 Å². The number of halogens is 1. The van der Waals surface area contributed by atoms with Gasteiger partial charge in [-0.2, -0.15) is 0 Å². The van der Waals surface area contributed by atoms with Crippen molar-refractivity contribution in [2.45, 2.75) is 37.2 Å². The van der Waals surface area contributed by atoms with Gasteiger partial charge in [-0.05, 0) is 43.6 Å². The third-order valence-corrected chi connectivity index (χ3v) is 4.70. The van der Waals surface area contributed by atoms with Crippen molar-refractivity contribution in [3.63, 3.8) is 0 Å². The molecular formula is C14H16ClN3OS. The van der Waals surface area contributed by atoms with E-state index in [0.717, 1.165) is 25.0 Å². The summed E-state index contributed by atoms with van der Waals surface area (Å²) in [7, 11) is 0. The molecule has 1 saturated carbocycles. The summed E-state index contributed by atoms with van der Waals surface area (Å²) in [4.78, 5) is 18.5. The molecule has 2 aliphatic rings. The molecule has 3 atom stereocenters. The average molecular weight is 310 g/mol. The molecule has 1 N–H and O–H groups in total. The smallest absolute Gasteiger partial charge is 0.234 e. The summed E-state index contributed by atoms with van der Waals surface area (Å²) in [6, 6.07) is 5.76. The lowest BCUT2D eigenvalue weighted by molar-refractivity contribution is -0.135. The molecule has 1 aliphatic heterocycles. The molecule has 4 nitrogen and oxygen atoms in total. The molecule has 1 saturated heterocycles. The lowest BCUT2D eigenvalue weighted by Gasteiger charge is -2.42. The number of carbonyl (C=O) groups excluding carboxylic acids is 1. The number of thiocarbonyl (C=S) groups is 1. The quantitative estimate of drug-likeness (QED) is 0.671. The molecule has 0 bridgehead atoms. The highest BCUT2D eigenvalue weighted by Gasteiger charge is 2.42. The molecule has 2 heterocycles. The number of nitrogens with one attached hydrogen (secondary N) is 1. The van der Waals surface area contributed by atoms with E-state index in [9.17, 15) is 4.79 Å². The second-order valence-corrected chi connectivity index (χ2v) is 6.32. The van der Waals surface area contributed by atoms with Crippen LogP contribution in [0.25, 0.3) is 0 Å². The van der Waals surface area contributed by atoms with Gasteiger partial charge in [0.25, 0.3) is 0 Å². The second kappa shape index (κ2) is 5.66. The zero-order chi connectivity index (χ0) is 14.1. The van der Waals surface area contributed by atoms with Crippen molar-refractivity contribution in [2.75, 3.05) is 0 Å². The number of rotatable bonds is 2. The Morgan fingerprint density at radius 3 is 3.05 bits per heavy atom. The molecule has 0 radical (unpaired) electrons. The van der Waals surface area contributed by atoms with Crippen molar-refractivity contribution in [2.24, 2.45) is 5.92 Å². The van der Waals surface area contributed by atoms with E-state index in [1.54, 1.807) is 11.1 Å². The van der Waals surface area contributed by atoms with Gasteiger partial charge in [-0.25, -0.2) is 0 Å². The van der Waals surface area contributed by atoms with Crippen molar-refractivity contribution >= 4 is 34.8 Å². The van der Waals surface area contributed by atoms with Gasteiger partial charge in [-0.3, -0.25) is 14.7 Å². The van der Waals surface area contributed by atoms with Gasteiger partial charge in [-0.1, -0.05) is 6.07 Å². The molecule has 20 heavy (non-hydrogen) atoms. The maximum Gasteiger partial charge on any atom is 0.234 e. The summed E-state index contributed by atoms with van der Waals surface area (Å²) in [6.07, 6.45) is 4.24. The van der Waals surface area contributed by atoms with Gasteiger partial charge < -0.3 is 5.32 Å². The van der Waals surface area contributed by atoms with Gasteiger partial charge in [0, 0.05) is 17.6 Å². The summed E-state index contributed by atoms with van der Waals surface area (Å²) in [5.41, 5.74) is 0.842. The lowest BCUT2D eigenvalue weighted by atomic mass is 9.82. The number of carbonyl (C=O) groups is 1. The minimum atomic E-state index is -0.0135. The highest BCUT2D eigenvalue weighted by Crippen LogP contribution is 2.32. The average Bonchev–Trinajstić information content (AvgIpc) is 2.44. The van der Waals surface area contributed by atoms with Gasteiger partial charge in [0.05, 0.1) is 18.2 Å². The van der Waals surface area contributed by atoms with E-state index >= 15 is 0 Å². The van der Waals surface area contributed by atoms with E-state index < -0.39 is 0 Å². The van der Waals surface area contributed by atoms with Crippen LogP contribution in [0.15, 0.2) is 24.4 Å². The number of amides is 1. The number of pyridine rings is 1. The molecule has 0 aromatic carbocycles. The minimum Gasteiger partial charge on any atom is -0.359 e. The zero-order valence-corrected chi connectivity index (χ0v) is 12.5. The van der Waals surface area contributed by atoms with Gasteiger partial charge >= 0.3 is 0 Å². The fraction of sp³-hybridized carbons (Fsp3) is 0.500. The third kappa shape index (κ3) is 2.65. The first-order chi connectivity index (χ1) is 9.65. The van der Waals surface area contributed by atoms with Crippen LogP contribution in [0.3, 0.4) is 0 Å². The minimum absolute atomic E-state index is 0.0135. The first-order valence-corrected chi connectivity index (χ1v) is 7.65. The topological polar surface area (TPSA) is 45.2 Å². The van der Waals surface area contributed by atoms with Crippen LogP contribution in [-0.2, 0) is 11.3 Å². The van der Waals surface area contributed by atoms with Crippen molar-refractivity contribution in [3.05, 3.63) is 30.1 Å². The van der Waals surface area contributed by atoms with Crippen LogP contribution in [0.2, 0.25) is 0 Å².